The molecule has 0 fully saturated rings. The SMILES string of the molecule is [La+3].[O]=[Sb]([O-])([O-])[O-]. The van der Waals surface area contributed by atoms with E-state index in [-0.39, 0.29) is 35.6 Å². The molecule has 0 aromatic rings. The molecule has 0 aliphatic heterocycles. The van der Waals surface area contributed by atoms with E-state index in [1.807, 2.05) is 0 Å². The molecule has 0 unspecified atom stereocenters. The van der Waals surface area contributed by atoms with E-state index in [1.54, 1.807) is 0 Å². The summed E-state index contributed by atoms with van der Waals surface area (Å²) in [5, 5.41) is 0. The van der Waals surface area contributed by atoms with Crippen molar-refractivity contribution in [2.24, 2.45) is 0 Å². The van der Waals surface area contributed by atoms with Crippen LogP contribution in [-0.2, 0) is 3.02 Å². The van der Waals surface area contributed by atoms with Crippen LogP contribution in [0.5, 0.6) is 0 Å². The Bertz CT molecular complexity index is 53.7. The van der Waals surface area contributed by atoms with Crippen molar-refractivity contribution in [3.8, 4) is 0 Å². The molecule has 0 saturated heterocycles. The molecule has 0 aromatic heterocycles. The fraction of sp³-hybridized carbons (Fsp3) is 0. The maximum absolute atomic E-state index is 8.64. The second-order valence-corrected chi connectivity index (χ2v) is 3.00. The Kier molecular flexibility index (Phi) is 6.50. The van der Waals surface area contributed by atoms with Crippen LogP contribution in [0.25, 0.3) is 0 Å². The molecule has 0 atom stereocenters. The Labute approximate surface area is 67.9 Å². The van der Waals surface area contributed by atoms with Crippen LogP contribution >= 0.6 is 0 Å². The third kappa shape index (κ3) is 43.7. The summed E-state index contributed by atoms with van der Waals surface area (Å²) in [4.78, 5) is 0. The molecule has 0 saturated carbocycles. The Balaban J connectivity index is 0. The fourth-order valence-electron chi connectivity index (χ4n) is 0. The summed E-state index contributed by atoms with van der Waals surface area (Å²) in [6.07, 6.45) is 0. The maximum atomic E-state index is 8.64. The minimum absolute atomic E-state index is 0. The number of hydrogen-bond donors (Lipinski definition) is 0. The van der Waals surface area contributed by atoms with Crippen molar-refractivity contribution >= 4 is 20.1 Å². The van der Waals surface area contributed by atoms with Crippen LogP contribution in [0.4, 0.5) is 0 Å². The minimum atomic E-state index is -6.10. The zero-order valence-electron chi connectivity index (χ0n) is 2.66. The molecule has 0 heterocycles. The van der Waals surface area contributed by atoms with Gasteiger partial charge in [-0.15, -0.1) is 0 Å². The van der Waals surface area contributed by atoms with E-state index in [0.29, 0.717) is 0 Å². The van der Waals surface area contributed by atoms with Crippen molar-refractivity contribution in [1.82, 2.24) is 0 Å². The summed E-state index contributed by atoms with van der Waals surface area (Å²) >= 11 is -6.10. The topological polar surface area (TPSA) is 86.2 Å². The summed E-state index contributed by atoms with van der Waals surface area (Å²) in [5.41, 5.74) is 0. The van der Waals surface area contributed by atoms with Gasteiger partial charge in [-0.25, -0.2) is 0 Å². The summed E-state index contributed by atoms with van der Waals surface area (Å²) in [6.45, 7) is 0. The predicted molar refractivity (Wildman–Crippen MR) is 6.44 cm³/mol. The summed E-state index contributed by atoms with van der Waals surface area (Å²) < 4.78 is 34.6. The first-order chi connectivity index (χ1) is 2.00. The third-order valence-corrected chi connectivity index (χ3v) is 0. The van der Waals surface area contributed by atoms with Crippen molar-refractivity contribution < 1.29 is 48.8 Å². The first kappa shape index (κ1) is 10.6. The van der Waals surface area contributed by atoms with Gasteiger partial charge in [-0.2, -0.15) is 0 Å². The van der Waals surface area contributed by atoms with Crippen LogP contribution < -0.4 is 10.2 Å². The standard InChI is InChI=1S/La.4O.Sb/q+3;;3*-1;. The molecule has 0 radical (unpaired) electrons. The average Bonchev–Trinajstić information content (AvgIpc) is 0.722. The first-order valence-electron chi connectivity index (χ1n) is 0.730. The monoisotopic (exact) mass is 324 g/mol. The van der Waals surface area contributed by atoms with E-state index >= 15 is 0 Å². The molecular weight excluding hydrogens is 325 g/mol. The van der Waals surface area contributed by atoms with Gasteiger partial charge in [0.15, 0.2) is 0 Å². The van der Waals surface area contributed by atoms with Crippen LogP contribution in [0.3, 0.4) is 0 Å². The fourth-order valence-corrected chi connectivity index (χ4v) is 0. The molecule has 0 aromatic carbocycles. The van der Waals surface area contributed by atoms with Gasteiger partial charge in [0.25, 0.3) is 0 Å². The van der Waals surface area contributed by atoms with E-state index in [9.17, 15) is 0 Å². The number of hydrogen-bond acceptors (Lipinski definition) is 4. The van der Waals surface area contributed by atoms with Crippen LogP contribution in [-0.4, -0.2) is 20.1 Å². The molecule has 0 aliphatic rings. The van der Waals surface area contributed by atoms with E-state index in [2.05, 4.69) is 0 Å². The molecular formula is LaO4Sb. The molecule has 0 amide bonds. The van der Waals surface area contributed by atoms with Crippen LogP contribution in [0.1, 0.15) is 0 Å². The van der Waals surface area contributed by atoms with Gasteiger partial charge in [0, 0.05) is 0 Å². The van der Waals surface area contributed by atoms with Gasteiger partial charge in [0.2, 0.25) is 0 Å². The van der Waals surface area contributed by atoms with Gasteiger partial charge in [-0.05, 0) is 0 Å². The van der Waals surface area contributed by atoms with E-state index in [0.717, 1.165) is 0 Å². The molecule has 0 rings (SSSR count). The van der Waals surface area contributed by atoms with Crippen molar-refractivity contribution in [1.29, 1.82) is 0 Å². The second-order valence-electron chi connectivity index (χ2n) is 0.447. The van der Waals surface area contributed by atoms with Gasteiger partial charge in [0.1, 0.15) is 0 Å². The molecule has 0 spiro atoms. The molecule has 6 heteroatoms. The Morgan fingerprint density at radius 3 is 1.17 bits per heavy atom. The van der Waals surface area contributed by atoms with E-state index in [4.69, 9.17) is 13.2 Å². The second kappa shape index (κ2) is 3.67. The third-order valence-electron chi connectivity index (χ3n) is 0. The molecule has 4 nitrogen and oxygen atoms in total. The quantitative estimate of drug-likeness (QED) is 0.424. The normalized spacial score (nSPS) is 9.83. The van der Waals surface area contributed by atoms with Crippen LogP contribution in [0, 0.1) is 35.6 Å². The van der Waals surface area contributed by atoms with Gasteiger partial charge in [0.05, 0.1) is 0 Å². The molecule has 6 heavy (non-hydrogen) atoms. The van der Waals surface area contributed by atoms with Crippen molar-refractivity contribution in [3.05, 3.63) is 0 Å². The van der Waals surface area contributed by atoms with Crippen molar-refractivity contribution in [2.75, 3.05) is 0 Å². The summed E-state index contributed by atoms with van der Waals surface area (Å²) in [5.74, 6) is 0. The summed E-state index contributed by atoms with van der Waals surface area (Å²) in [6, 6.07) is 0. The van der Waals surface area contributed by atoms with Gasteiger partial charge in [-0.3, -0.25) is 0 Å². The van der Waals surface area contributed by atoms with Gasteiger partial charge < -0.3 is 0 Å². The van der Waals surface area contributed by atoms with E-state index in [1.165, 1.54) is 0 Å². The Hall–Kier alpha value is 1.69. The van der Waals surface area contributed by atoms with Crippen molar-refractivity contribution in [3.63, 3.8) is 0 Å². The van der Waals surface area contributed by atoms with Crippen molar-refractivity contribution in [2.45, 2.75) is 0 Å². The zero-order valence-corrected chi connectivity index (χ0v) is 8.84. The van der Waals surface area contributed by atoms with Crippen LogP contribution in [0.15, 0.2) is 0 Å². The molecule has 32 valence electrons. The number of rotatable bonds is 0. The Morgan fingerprint density at radius 1 is 1.17 bits per heavy atom. The van der Waals surface area contributed by atoms with Crippen LogP contribution in [0.2, 0.25) is 0 Å². The first-order valence-corrected chi connectivity index (χ1v) is 4.90. The molecule has 0 aliphatic carbocycles. The zero-order chi connectivity index (χ0) is 4.50. The molecule has 0 bridgehead atoms. The molecule has 0 N–H and O–H groups in total. The van der Waals surface area contributed by atoms with E-state index < -0.39 is 20.1 Å². The van der Waals surface area contributed by atoms with Gasteiger partial charge in [-0.1, -0.05) is 0 Å². The van der Waals surface area contributed by atoms with Gasteiger partial charge >= 0.3 is 68.8 Å². The average molecular weight is 325 g/mol. The Morgan fingerprint density at radius 2 is 1.17 bits per heavy atom. The summed E-state index contributed by atoms with van der Waals surface area (Å²) in [7, 11) is 0. The predicted octanol–water partition coefficient (Wildman–Crippen LogP) is -4.07.